The number of hydrogen-bond donors (Lipinski definition) is 1. The van der Waals surface area contributed by atoms with Crippen molar-refractivity contribution in [1.82, 2.24) is 19.9 Å². The number of carbonyl (C=O) groups is 1. The molecule has 0 spiro atoms. The van der Waals surface area contributed by atoms with Crippen LogP contribution in [0.4, 0.5) is 0 Å². The molecule has 7 nitrogen and oxygen atoms in total. The van der Waals surface area contributed by atoms with E-state index in [9.17, 15) is 9.59 Å². The van der Waals surface area contributed by atoms with E-state index in [1.165, 1.54) is 11.3 Å². The molecule has 0 unspecified atom stereocenters. The van der Waals surface area contributed by atoms with Crippen molar-refractivity contribution in [3.05, 3.63) is 86.5 Å². The molecule has 5 rings (SSSR count). The summed E-state index contributed by atoms with van der Waals surface area (Å²) >= 11 is 1.31. The first kappa shape index (κ1) is 22.3. The van der Waals surface area contributed by atoms with Crippen LogP contribution in [0.1, 0.15) is 51.6 Å². The number of hydrogen-bond acceptors (Lipinski definition) is 6. The average molecular weight is 475 g/mol. The third kappa shape index (κ3) is 4.59. The zero-order valence-corrected chi connectivity index (χ0v) is 19.9. The van der Waals surface area contributed by atoms with E-state index < -0.39 is 0 Å². The molecule has 0 atom stereocenters. The minimum Gasteiger partial charge on any atom is -0.487 e. The van der Waals surface area contributed by atoms with Crippen molar-refractivity contribution >= 4 is 27.5 Å². The van der Waals surface area contributed by atoms with Gasteiger partial charge in [-0.05, 0) is 55.2 Å². The lowest BCUT2D eigenvalue weighted by Gasteiger charge is -2.08. The van der Waals surface area contributed by atoms with Gasteiger partial charge in [0.05, 0.1) is 16.0 Å². The number of amides is 1. The molecule has 4 heterocycles. The number of fused-ring (bicyclic) bond motifs is 2. The van der Waals surface area contributed by atoms with Crippen molar-refractivity contribution < 1.29 is 9.53 Å². The monoisotopic (exact) mass is 474 g/mol. The standard InChI is InChI=1S/C26H26N4O3S/c1-17-22-25(29-21-8-3-2-6-14-30(21)26(22)32)34-23(17)24(31)28-15-18-9-11-20(12-10-18)33-16-19-7-4-5-13-27-19/h4-5,7,9-13H,2-3,6,8,14-16H2,1H3,(H,28,31). The summed E-state index contributed by atoms with van der Waals surface area (Å²) in [6.45, 7) is 3.33. The van der Waals surface area contributed by atoms with Crippen LogP contribution in [-0.4, -0.2) is 20.4 Å². The third-order valence-corrected chi connectivity index (χ3v) is 7.29. The number of thiophene rings is 1. The number of aryl methyl sites for hydroxylation is 2. The number of pyridine rings is 1. The second-order valence-corrected chi connectivity index (χ2v) is 9.47. The Balaban J connectivity index is 1.26. The lowest BCUT2D eigenvalue weighted by atomic mass is 10.2. The smallest absolute Gasteiger partial charge is 0.262 e. The van der Waals surface area contributed by atoms with Crippen molar-refractivity contribution in [3.63, 3.8) is 0 Å². The van der Waals surface area contributed by atoms with Gasteiger partial charge in [-0.3, -0.25) is 19.1 Å². The van der Waals surface area contributed by atoms with Gasteiger partial charge in [-0.1, -0.05) is 24.6 Å². The van der Waals surface area contributed by atoms with Crippen molar-refractivity contribution in [2.24, 2.45) is 0 Å². The molecular formula is C26H26N4O3S. The zero-order valence-electron chi connectivity index (χ0n) is 19.0. The highest BCUT2D eigenvalue weighted by molar-refractivity contribution is 7.20. The molecule has 1 N–H and O–H groups in total. The van der Waals surface area contributed by atoms with E-state index >= 15 is 0 Å². The molecule has 1 aliphatic heterocycles. The van der Waals surface area contributed by atoms with Gasteiger partial charge in [-0.2, -0.15) is 0 Å². The minimum absolute atomic E-state index is 0.0176. The Morgan fingerprint density at radius 3 is 2.79 bits per heavy atom. The zero-order chi connectivity index (χ0) is 23.5. The topological polar surface area (TPSA) is 86.1 Å². The van der Waals surface area contributed by atoms with Crippen LogP contribution in [0.2, 0.25) is 0 Å². The first-order chi connectivity index (χ1) is 16.6. The van der Waals surface area contributed by atoms with Gasteiger partial charge in [0.15, 0.2) is 0 Å². The Hall–Kier alpha value is -3.52. The van der Waals surface area contributed by atoms with Crippen LogP contribution in [0, 0.1) is 6.92 Å². The summed E-state index contributed by atoms with van der Waals surface area (Å²) in [5.74, 6) is 1.40. The summed E-state index contributed by atoms with van der Waals surface area (Å²) in [6.07, 6.45) is 5.70. The van der Waals surface area contributed by atoms with Crippen molar-refractivity contribution in [2.75, 3.05) is 0 Å². The Bertz CT molecular complexity index is 1380. The molecule has 1 aliphatic rings. The van der Waals surface area contributed by atoms with Crippen molar-refractivity contribution in [2.45, 2.75) is 52.3 Å². The van der Waals surface area contributed by atoms with E-state index in [1.807, 2.05) is 49.4 Å². The predicted molar refractivity (Wildman–Crippen MR) is 132 cm³/mol. The van der Waals surface area contributed by atoms with Gasteiger partial charge < -0.3 is 10.1 Å². The second kappa shape index (κ2) is 9.77. The number of nitrogens with zero attached hydrogens (tertiary/aromatic N) is 3. The maximum absolute atomic E-state index is 13.1. The van der Waals surface area contributed by atoms with Crippen LogP contribution >= 0.6 is 11.3 Å². The first-order valence-electron chi connectivity index (χ1n) is 11.5. The maximum Gasteiger partial charge on any atom is 0.262 e. The van der Waals surface area contributed by atoms with Gasteiger partial charge >= 0.3 is 0 Å². The van der Waals surface area contributed by atoms with Crippen molar-refractivity contribution in [3.8, 4) is 5.75 Å². The summed E-state index contributed by atoms with van der Waals surface area (Å²) in [6, 6.07) is 13.3. The fourth-order valence-corrected chi connectivity index (χ4v) is 5.34. The maximum atomic E-state index is 13.1. The fourth-order valence-electron chi connectivity index (χ4n) is 4.23. The largest absolute Gasteiger partial charge is 0.487 e. The Labute approximate surface area is 201 Å². The average Bonchev–Trinajstić information content (AvgIpc) is 3.03. The molecule has 4 aromatic rings. The molecule has 0 fully saturated rings. The van der Waals surface area contributed by atoms with Crippen LogP contribution in [0.5, 0.6) is 5.75 Å². The van der Waals surface area contributed by atoms with Crippen LogP contribution in [0.3, 0.4) is 0 Å². The molecule has 0 saturated carbocycles. The molecule has 174 valence electrons. The van der Waals surface area contributed by atoms with E-state index in [2.05, 4.69) is 10.3 Å². The number of carbonyl (C=O) groups excluding carboxylic acids is 1. The van der Waals surface area contributed by atoms with Crippen LogP contribution in [-0.2, 0) is 26.1 Å². The lowest BCUT2D eigenvalue weighted by molar-refractivity contribution is 0.0954. The summed E-state index contributed by atoms with van der Waals surface area (Å²) in [7, 11) is 0. The van der Waals surface area contributed by atoms with Gasteiger partial charge in [0.2, 0.25) is 0 Å². The molecule has 34 heavy (non-hydrogen) atoms. The van der Waals surface area contributed by atoms with E-state index in [0.717, 1.165) is 48.5 Å². The Morgan fingerprint density at radius 2 is 2.00 bits per heavy atom. The van der Waals surface area contributed by atoms with E-state index in [0.29, 0.717) is 40.4 Å². The normalized spacial score (nSPS) is 13.3. The molecule has 8 heteroatoms. The number of nitrogens with one attached hydrogen (secondary N) is 1. The van der Waals surface area contributed by atoms with E-state index in [4.69, 9.17) is 9.72 Å². The first-order valence-corrected chi connectivity index (χ1v) is 12.3. The summed E-state index contributed by atoms with van der Waals surface area (Å²) in [5.41, 5.74) is 2.52. The third-order valence-electron chi connectivity index (χ3n) is 6.11. The highest BCUT2D eigenvalue weighted by Gasteiger charge is 2.22. The number of ether oxygens (including phenoxy) is 1. The number of benzene rings is 1. The number of rotatable bonds is 6. The fraction of sp³-hybridized carbons (Fsp3) is 0.308. The second-order valence-electron chi connectivity index (χ2n) is 8.47. The van der Waals surface area contributed by atoms with Crippen LogP contribution < -0.4 is 15.6 Å². The molecule has 0 radical (unpaired) electrons. The summed E-state index contributed by atoms with van der Waals surface area (Å²) < 4.78 is 7.57. The van der Waals surface area contributed by atoms with Gasteiger partial charge in [0, 0.05) is 25.7 Å². The summed E-state index contributed by atoms with van der Waals surface area (Å²) in [5, 5.41) is 3.56. The Kier molecular flexibility index (Phi) is 6.40. The number of aromatic nitrogens is 3. The van der Waals surface area contributed by atoms with E-state index in [1.54, 1.807) is 10.8 Å². The summed E-state index contributed by atoms with van der Waals surface area (Å²) in [4.78, 5) is 36.3. The molecular weight excluding hydrogens is 448 g/mol. The molecule has 3 aromatic heterocycles. The molecule has 1 amide bonds. The minimum atomic E-state index is -0.185. The molecule has 1 aromatic carbocycles. The van der Waals surface area contributed by atoms with Gasteiger partial charge in [0.25, 0.3) is 11.5 Å². The highest BCUT2D eigenvalue weighted by atomic mass is 32.1. The Morgan fingerprint density at radius 1 is 1.15 bits per heavy atom. The molecule has 0 bridgehead atoms. The quantitative estimate of drug-likeness (QED) is 0.448. The van der Waals surface area contributed by atoms with Crippen molar-refractivity contribution in [1.29, 1.82) is 0 Å². The van der Waals surface area contributed by atoms with Gasteiger partial charge in [-0.15, -0.1) is 11.3 Å². The van der Waals surface area contributed by atoms with Gasteiger partial charge in [-0.25, -0.2) is 4.98 Å². The lowest BCUT2D eigenvalue weighted by Crippen LogP contribution is -2.25. The van der Waals surface area contributed by atoms with E-state index in [-0.39, 0.29) is 11.5 Å². The van der Waals surface area contributed by atoms with Crippen LogP contribution in [0.15, 0.2) is 53.5 Å². The van der Waals surface area contributed by atoms with Gasteiger partial charge in [0.1, 0.15) is 23.0 Å². The molecule has 0 aliphatic carbocycles. The highest BCUT2D eigenvalue weighted by Crippen LogP contribution is 2.28. The molecule has 0 saturated heterocycles. The van der Waals surface area contributed by atoms with Crippen LogP contribution in [0.25, 0.3) is 10.2 Å². The predicted octanol–water partition coefficient (Wildman–Crippen LogP) is 4.40. The SMILES string of the molecule is Cc1c(C(=O)NCc2ccc(OCc3ccccn3)cc2)sc2nc3n(c(=O)c12)CCCCC3.